The highest BCUT2D eigenvalue weighted by Crippen LogP contribution is 2.30. The van der Waals surface area contributed by atoms with Crippen LogP contribution in [0.3, 0.4) is 0 Å². The topological polar surface area (TPSA) is 81.3 Å². The quantitative estimate of drug-likeness (QED) is 0.761. The number of carbonyl (C=O) groups excluding carboxylic acids is 2. The van der Waals surface area contributed by atoms with Crippen molar-refractivity contribution in [1.29, 1.82) is 0 Å². The molecule has 2 aromatic rings. The minimum absolute atomic E-state index is 0.189. The van der Waals surface area contributed by atoms with Crippen LogP contribution in [-0.4, -0.2) is 57.5 Å². The number of carbonyl (C=O) groups is 2. The highest BCUT2D eigenvalue weighted by atomic mass is 35.5. The second-order valence-corrected chi connectivity index (χ2v) is 8.68. The summed E-state index contributed by atoms with van der Waals surface area (Å²) in [4.78, 5) is 29.5. The summed E-state index contributed by atoms with van der Waals surface area (Å²) in [6, 6.07) is 7.47. The molecule has 1 saturated heterocycles. The number of rotatable bonds is 5. The molecule has 1 atom stereocenters. The lowest BCUT2D eigenvalue weighted by atomic mass is 10.0. The van der Waals surface area contributed by atoms with E-state index in [4.69, 9.17) is 11.6 Å². The molecule has 0 radical (unpaired) electrons. The Kier molecular flexibility index (Phi) is 6.39. The van der Waals surface area contributed by atoms with Gasteiger partial charge in [0.15, 0.2) is 0 Å². The predicted molar refractivity (Wildman–Crippen MR) is 116 cm³/mol. The zero-order valence-electron chi connectivity index (χ0n) is 17.2. The fraction of sp³-hybridized carbons (Fsp3) is 0.500. The number of hydrogen-bond acceptors (Lipinski definition) is 4. The fourth-order valence-corrected chi connectivity index (χ4v) is 4.76. The summed E-state index contributed by atoms with van der Waals surface area (Å²) in [7, 11) is 0. The Labute approximate surface area is 181 Å². The van der Waals surface area contributed by atoms with Crippen LogP contribution in [0, 0.1) is 5.92 Å². The monoisotopic (exact) mass is 429 g/mol. The number of amides is 2. The third kappa shape index (κ3) is 4.52. The van der Waals surface area contributed by atoms with Crippen LogP contribution in [-0.2, 0) is 11.3 Å². The van der Waals surface area contributed by atoms with Crippen LogP contribution in [0.2, 0.25) is 5.02 Å². The molecule has 2 amide bonds. The molecule has 4 rings (SSSR count). The standard InChI is InChI=1S/C22H28ClN5O2/c1-15-13-27(11-12-28(15)22(30)16-5-2-3-6-16)14-17-7-4-8-18(20(17)23)25-21(29)19-9-10-24-26-19/h4,7-10,15-16H,2-3,5-6,11-14H2,1H3,(H,24,26)(H,25,29). The third-order valence-corrected chi connectivity index (χ3v) is 6.61. The molecule has 8 heteroatoms. The Morgan fingerprint density at radius 2 is 2.03 bits per heavy atom. The summed E-state index contributed by atoms with van der Waals surface area (Å²) in [5, 5.41) is 9.83. The molecule has 30 heavy (non-hydrogen) atoms. The van der Waals surface area contributed by atoms with E-state index in [1.807, 2.05) is 12.1 Å². The van der Waals surface area contributed by atoms with Crippen molar-refractivity contribution in [2.45, 2.75) is 45.2 Å². The van der Waals surface area contributed by atoms with Crippen molar-refractivity contribution in [1.82, 2.24) is 20.0 Å². The number of H-pyrrole nitrogens is 1. The van der Waals surface area contributed by atoms with Gasteiger partial charge in [-0.25, -0.2) is 0 Å². The molecular formula is C22H28ClN5O2. The van der Waals surface area contributed by atoms with Gasteiger partial charge in [-0.2, -0.15) is 5.10 Å². The van der Waals surface area contributed by atoms with Crippen molar-refractivity contribution in [3.63, 3.8) is 0 Å². The Bertz CT molecular complexity index is 895. The second-order valence-electron chi connectivity index (χ2n) is 8.30. The highest BCUT2D eigenvalue weighted by molar-refractivity contribution is 6.34. The van der Waals surface area contributed by atoms with Crippen LogP contribution >= 0.6 is 11.6 Å². The van der Waals surface area contributed by atoms with Gasteiger partial charge >= 0.3 is 0 Å². The number of piperazine rings is 1. The average Bonchev–Trinajstić information content (AvgIpc) is 3.45. The first-order valence-corrected chi connectivity index (χ1v) is 11.0. The largest absolute Gasteiger partial charge is 0.337 e. The summed E-state index contributed by atoms with van der Waals surface area (Å²) in [6.45, 7) is 5.21. The number of benzene rings is 1. The van der Waals surface area contributed by atoms with Gasteiger partial charge in [-0.05, 0) is 37.5 Å². The van der Waals surface area contributed by atoms with Crippen LogP contribution in [0.1, 0.15) is 48.7 Å². The van der Waals surface area contributed by atoms with Crippen LogP contribution in [0.4, 0.5) is 5.69 Å². The summed E-state index contributed by atoms with van der Waals surface area (Å²) in [5.41, 5.74) is 1.92. The van der Waals surface area contributed by atoms with Crippen LogP contribution < -0.4 is 5.32 Å². The second kappa shape index (κ2) is 9.18. The summed E-state index contributed by atoms with van der Waals surface area (Å²) in [5.74, 6) is 0.281. The van der Waals surface area contributed by atoms with E-state index in [1.165, 1.54) is 19.0 Å². The number of nitrogens with one attached hydrogen (secondary N) is 2. The number of aromatic amines is 1. The van der Waals surface area contributed by atoms with Crippen molar-refractivity contribution < 1.29 is 9.59 Å². The fourth-order valence-electron chi connectivity index (χ4n) is 4.52. The Balaban J connectivity index is 1.38. The third-order valence-electron chi connectivity index (χ3n) is 6.17. The average molecular weight is 430 g/mol. The molecule has 0 bridgehead atoms. The van der Waals surface area contributed by atoms with Gasteiger partial charge in [0, 0.05) is 44.3 Å². The molecule has 1 aromatic heterocycles. The lowest BCUT2D eigenvalue weighted by Crippen LogP contribution is -2.54. The van der Waals surface area contributed by atoms with Gasteiger partial charge in [0.25, 0.3) is 5.91 Å². The number of halogens is 1. The molecule has 2 aliphatic rings. The van der Waals surface area contributed by atoms with Gasteiger partial charge in [0.05, 0.1) is 10.7 Å². The highest BCUT2D eigenvalue weighted by Gasteiger charge is 2.33. The van der Waals surface area contributed by atoms with Crippen molar-refractivity contribution >= 4 is 29.1 Å². The zero-order chi connectivity index (χ0) is 21.1. The molecule has 1 aliphatic heterocycles. The lowest BCUT2D eigenvalue weighted by Gasteiger charge is -2.41. The first-order valence-electron chi connectivity index (χ1n) is 10.6. The molecule has 0 spiro atoms. The maximum Gasteiger partial charge on any atom is 0.273 e. The van der Waals surface area contributed by atoms with Crippen LogP contribution in [0.25, 0.3) is 0 Å². The van der Waals surface area contributed by atoms with E-state index in [-0.39, 0.29) is 17.9 Å². The van der Waals surface area contributed by atoms with Crippen LogP contribution in [0.15, 0.2) is 30.5 Å². The van der Waals surface area contributed by atoms with E-state index in [0.29, 0.717) is 28.9 Å². The molecular weight excluding hydrogens is 402 g/mol. The number of aromatic nitrogens is 2. The van der Waals surface area contributed by atoms with E-state index in [1.54, 1.807) is 12.1 Å². The van der Waals surface area contributed by atoms with Gasteiger partial charge in [0.1, 0.15) is 5.69 Å². The molecule has 7 nitrogen and oxygen atoms in total. The van der Waals surface area contributed by atoms with Crippen LogP contribution in [0.5, 0.6) is 0 Å². The van der Waals surface area contributed by atoms with Gasteiger partial charge in [-0.1, -0.05) is 36.6 Å². The molecule has 1 unspecified atom stereocenters. The normalized spacial score (nSPS) is 20.5. The van der Waals surface area contributed by atoms with E-state index < -0.39 is 0 Å². The lowest BCUT2D eigenvalue weighted by molar-refractivity contribution is -0.140. The number of anilines is 1. The SMILES string of the molecule is CC1CN(Cc2cccc(NC(=O)c3ccn[nH]3)c2Cl)CCN1C(=O)C1CCCC1. The Morgan fingerprint density at radius 1 is 1.23 bits per heavy atom. The smallest absolute Gasteiger partial charge is 0.273 e. The van der Waals surface area contributed by atoms with E-state index >= 15 is 0 Å². The molecule has 2 fully saturated rings. The minimum atomic E-state index is -0.279. The first kappa shape index (κ1) is 20.9. The maximum absolute atomic E-state index is 12.8. The van der Waals surface area contributed by atoms with Crippen molar-refractivity contribution in [3.05, 3.63) is 46.7 Å². The van der Waals surface area contributed by atoms with Crippen molar-refractivity contribution in [2.75, 3.05) is 25.0 Å². The van der Waals surface area contributed by atoms with E-state index in [9.17, 15) is 9.59 Å². The molecule has 1 saturated carbocycles. The van der Waals surface area contributed by atoms with Crippen molar-refractivity contribution in [2.24, 2.45) is 5.92 Å². The Hall–Kier alpha value is -2.38. The molecule has 1 aliphatic carbocycles. The Morgan fingerprint density at radius 3 is 2.73 bits per heavy atom. The van der Waals surface area contributed by atoms with Gasteiger partial charge in [-0.3, -0.25) is 19.6 Å². The molecule has 160 valence electrons. The zero-order valence-corrected chi connectivity index (χ0v) is 18.0. The first-order chi connectivity index (χ1) is 14.5. The van der Waals surface area contributed by atoms with Crippen molar-refractivity contribution in [3.8, 4) is 0 Å². The summed E-state index contributed by atoms with van der Waals surface area (Å²) < 4.78 is 0. The molecule has 1 aromatic carbocycles. The number of nitrogens with zero attached hydrogens (tertiary/aromatic N) is 3. The summed E-state index contributed by atoms with van der Waals surface area (Å²) >= 11 is 6.60. The van der Waals surface area contributed by atoms with Gasteiger partial charge < -0.3 is 10.2 Å². The molecule has 2 N–H and O–H groups in total. The van der Waals surface area contributed by atoms with E-state index in [0.717, 1.165) is 38.0 Å². The number of hydrogen-bond donors (Lipinski definition) is 2. The van der Waals surface area contributed by atoms with Gasteiger partial charge in [0.2, 0.25) is 5.91 Å². The summed E-state index contributed by atoms with van der Waals surface area (Å²) in [6.07, 6.45) is 5.97. The molecule has 2 heterocycles. The van der Waals surface area contributed by atoms with Gasteiger partial charge in [-0.15, -0.1) is 0 Å². The maximum atomic E-state index is 12.8. The van der Waals surface area contributed by atoms with E-state index in [2.05, 4.69) is 32.2 Å². The minimum Gasteiger partial charge on any atom is -0.337 e. The predicted octanol–water partition coefficient (Wildman–Crippen LogP) is 3.54.